The molecule has 4 aromatic rings. The number of aryl methyl sites for hydroxylation is 1. The maximum atomic E-state index is 14.4. The molecule has 0 aliphatic carbocycles. The summed E-state index contributed by atoms with van der Waals surface area (Å²) in [6.45, 7) is 3.70. The normalized spacial score (nSPS) is 11.9. The van der Waals surface area contributed by atoms with Crippen LogP contribution in [0, 0.1) is 12.7 Å². The van der Waals surface area contributed by atoms with Crippen LogP contribution in [0.1, 0.15) is 30.0 Å². The quantitative estimate of drug-likeness (QED) is 0.191. The predicted octanol–water partition coefficient (Wildman–Crippen LogP) is 6.15. The molecular weight excluding hydrogens is 601 g/mol. The van der Waals surface area contributed by atoms with E-state index in [4.69, 9.17) is 11.6 Å². The first kappa shape index (κ1) is 32.7. The molecule has 0 bridgehead atoms. The molecule has 0 aliphatic rings. The van der Waals surface area contributed by atoms with Crippen molar-refractivity contribution in [2.45, 2.75) is 44.2 Å². The minimum Gasteiger partial charge on any atom is -0.354 e. The lowest BCUT2D eigenvalue weighted by Gasteiger charge is -2.34. The van der Waals surface area contributed by atoms with Gasteiger partial charge in [0, 0.05) is 19.5 Å². The van der Waals surface area contributed by atoms with Gasteiger partial charge in [0.15, 0.2) is 0 Å². The van der Waals surface area contributed by atoms with Crippen LogP contribution in [0.2, 0.25) is 5.02 Å². The SMILES string of the molecule is CCCNC(=O)[C@@H](Cc1ccccc1)N(Cc1ccc(C)cc1)C(=O)CN(c1ccc(F)c(Cl)c1)S(=O)(=O)c1ccccc1. The second-order valence-electron chi connectivity index (χ2n) is 10.4. The number of hydrogen-bond acceptors (Lipinski definition) is 4. The zero-order valence-corrected chi connectivity index (χ0v) is 26.2. The van der Waals surface area contributed by atoms with Crippen LogP contribution in [0.3, 0.4) is 0 Å². The van der Waals surface area contributed by atoms with E-state index < -0.39 is 34.3 Å². The number of anilines is 1. The average Bonchev–Trinajstić information content (AvgIpc) is 3.03. The van der Waals surface area contributed by atoms with Crippen LogP contribution in [0.25, 0.3) is 0 Å². The fraction of sp³-hybridized carbons (Fsp3) is 0.235. The predicted molar refractivity (Wildman–Crippen MR) is 171 cm³/mol. The van der Waals surface area contributed by atoms with Gasteiger partial charge in [-0.05, 0) is 54.8 Å². The number of hydrogen-bond donors (Lipinski definition) is 1. The van der Waals surface area contributed by atoms with Crippen molar-refractivity contribution >= 4 is 39.1 Å². The van der Waals surface area contributed by atoms with Crippen LogP contribution in [0.4, 0.5) is 10.1 Å². The number of benzene rings is 4. The highest BCUT2D eigenvalue weighted by Crippen LogP contribution is 2.28. The van der Waals surface area contributed by atoms with Crippen LogP contribution in [0.5, 0.6) is 0 Å². The molecule has 0 saturated heterocycles. The van der Waals surface area contributed by atoms with Crippen LogP contribution < -0.4 is 9.62 Å². The maximum absolute atomic E-state index is 14.4. The highest BCUT2D eigenvalue weighted by Gasteiger charge is 2.34. The molecule has 0 aliphatic heterocycles. The molecule has 2 amide bonds. The number of carbonyl (C=O) groups is 2. The molecule has 4 aromatic carbocycles. The fourth-order valence-corrected chi connectivity index (χ4v) is 6.30. The summed E-state index contributed by atoms with van der Waals surface area (Å²) < 4.78 is 42.9. The maximum Gasteiger partial charge on any atom is 0.264 e. The lowest BCUT2D eigenvalue weighted by atomic mass is 10.0. The first-order valence-electron chi connectivity index (χ1n) is 14.3. The molecule has 1 atom stereocenters. The van der Waals surface area contributed by atoms with E-state index in [2.05, 4.69) is 5.32 Å². The molecule has 10 heteroatoms. The second-order valence-corrected chi connectivity index (χ2v) is 12.7. The van der Waals surface area contributed by atoms with Crippen molar-refractivity contribution in [3.05, 3.63) is 131 Å². The zero-order valence-electron chi connectivity index (χ0n) is 24.6. The lowest BCUT2D eigenvalue weighted by molar-refractivity contribution is -0.140. The number of nitrogens with one attached hydrogen (secondary N) is 1. The van der Waals surface area contributed by atoms with Crippen LogP contribution >= 0.6 is 11.6 Å². The smallest absolute Gasteiger partial charge is 0.264 e. The van der Waals surface area contributed by atoms with Gasteiger partial charge in [0.25, 0.3) is 10.0 Å². The summed E-state index contributed by atoms with van der Waals surface area (Å²) in [6.07, 6.45) is 0.909. The van der Waals surface area contributed by atoms with E-state index in [9.17, 15) is 22.4 Å². The van der Waals surface area contributed by atoms with Crippen molar-refractivity contribution < 1.29 is 22.4 Å². The van der Waals surface area contributed by atoms with Gasteiger partial charge >= 0.3 is 0 Å². The number of amides is 2. The number of sulfonamides is 1. The van der Waals surface area contributed by atoms with Crippen LogP contribution in [-0.2, 0) is 32.6 Å². The van der Waals surface area contributed by atoms with Gasteiger partial charge in [-0.3, -0.25) is 13.9 Å². The Kier molecular flexibility index (Phi) is 11.1. The van der Waals surface area contributed by atoms with Gasteiger partial charge in [-0.25, -0.2) is 12.8 Å². The van der Waals surface area contributed by atoms with E-state index in [1.807, 2.05) is 68.4 Å². The summed E-state index contributed by atoms with van der Waals surface area (Å²) >= 11 is 6.06. The molecule has 0 saturated carbocycles. The highest BCUT2D eigenvalue weighted by atomic mass is 35.5. The van der Waals surface area contributed by atoms with E-state index in [-0.39, 0.29) is 34.5 Å². The Morgan fingerprint density at radius 3 is 2.14 bits per heavy atom. The molecule has 0 heterocycles. The van der Waals surface area contributed by atoms with Gasteiger partial charge in [0.05, 0.1) is 15.6 Å². The molecule has 230 valence electrons. The van der Waals surface area contributed by atoms with Gasteiger partial charge in [0.2, 0.25) is 11.8 Å². The summed E-state index contributed by atoms with van der Waals surface area (Å²) in [6, 6.07) is 27.1. The van der Waals surface area contributed by atoms with Crippen LogP contribution in [-0.4, -0.2) is 44.3 Å². The monoisotopic (exact) mass is 635 g/mol. The molecule has 7 nitrogen and oxygen atoms in total. The Morgan fingerprint density at radius 2 is 1.52 bits per heavy atom. The molecule has 0 aromatic heterocycles. The molecule has 1 N–H and O–H groups in total. The standard InChI is InChI=1S/C34H35ClFN3O4S/c1-3-20-37-34(41)32(21-26-10-6-4-7-11-26)38(23-27-16-14-25(2)15-17-27)33(40)24-39(28-18-19-31(36)30(35)22-28)44(42,43)29-12-8-5-9-13-29/h4-19,22,32H,3,20-21,23-24H2,1-2H3,(H,37,41)/t32-/m1/s1. The minimum atomic E-state index is -4.31. The van der Waals surface area contributed by atoms with Gasteiger partial charge in [-0.1, -0.05) is 96.9 Å². The van der Waals surface area contributed by atoms with Gasteiger partial charge in [0.1, 0.15) is 18.4 Å². The summed E-state index contributed by atoms with van der Waals surface area (Å²) in [5, 5.41) is 2.62. The Hall–Kier alpha value is -4.21. The number of rotatable bonds is 13. The largest absolute Gasteiger partial charge is 0.354 e. The van der Waals surface area contributed by atoms with Crippen molar-refractivity contribution in [1.82, 2.24) is 10.2 Å². The van der Waals surface area contributed by atoms with E-state index in [0.717, 1.165) is 27.1 Å². The molecule has 0 radical (unpaired) electrons. The fourth-order valence-electron chi connectivity index (χ4n) is 4.70. The third-order valence-electron chi connectivity index (χ3n) is 7.10. The third kappa shape index (κ3) is 8.24. The molecule has 0 unspecified atom stereocenters. The van der Waals surface area contributed by atoms with E-state index in [0.29, 0.717) is 13.0 Å². The van der Waals surface area contributed by atoms with Gasteiger partial charge in [-0.2, -0.15) is 0 Å². The molecule has 0 fully saturated rings. The highest BCUT2D eigenvalue weighted by molar-refractivity contribution is 7.92. The Bertz CT molecular complexity index is 1670. The van der Waals surface area contributed by atoms with E-state index in [1.165, 1.54) is 29.2 Å². The van der Waals surface area contributed by atoms with Crippen molar-refractivity contribution in [1.29, 1.82) is 0 Å². The molecular formula is C34H35ClFN3O4S. The molecule has 44 heavy (non-hydrogen) atoms. The Balaban J connectivity index is 1.80. The van der Waals surface area contributed by atoms with Crippen molar-refractivity contribution in [2.75, 3.05) is 17.4 Å². The third-order valence-corrected chi connectivity index (χ3v) is 9.17. The van der Waals surface area contributed by atoms with Crippen molar-refractivity contribution in [3.8, 4) is 0 Å². The molecule has 0 spiro atoms. The van der Waals surface area contributed by atoms with Crippen molar-refractivity contribution in [3.63, 3.8) is 0 Å². The number of nitrogens with zero attached hydrogens (tertiary/aromatic N) is 2. The Morgan fingerprint density at radius 1 is 0.886 bits per heavy atom. The summed E-state index contributed by atoms with van der Waals surface area (Å²) in [7, 11) is -4.31. The number of halogens is 2. The first-order chi connectivity index (χ1) is 21.1. The summed E-state index contributed by atoms with van der Waals surface area (Å²) in [5.41, 5.74) is 2.65. The summed E-state index contributed by atoms with van der Waals surface area (Å²) in [4.78, 5) is 29.4. The van der Waals surface area contributed by atoms with E-state index in [1.54, 1.807) is 18.2 Å². The minimum absolute atomic E-state index is 0.0129. The van der Waals surface area contributed by atoms with Gasteiger partial charge < -0.3 is 10.2 Å². The van der Waals surface area contributed by atoms with Gasteiger partial charge in [-0.15, -0.1) is 0 Å². The second kappa shape index (κ2) is 15.0. The lowest BCUT2D eigenvalue weighted by Crippen LogP contribution is -2.53. The Labute approximate surface area is 263 Å². The van der Waals surface area contributed by atoms with Crippen LogP contribution in [0.15, 0.2) is 108 Å². The number of carbonyl (C=O) groups excluding carboxylic acids is 2. The van der Waals surface area contributed by atoms with Crippen molar-refractivity contribution in [2.24, 2.45) is 0 Å². The van der Waals surface area contributed by atoms with E-state index >= 15 is 0 Å². The average molecular weight is 636 g/mol. The molecule has 4 rings (SSSR count). The topological polar surface area (TPSA) is 86.8 Å². The first-order valence-corrected chi connectivity index (χ1v) is 16.1. The summed E-state index contributed by atoms with van der Waals surface area (Å²) in [5.74, 6) is -1.69. The zero-order chi connectivity index (χ0) is 31.7.